The topological polar surface area (TPSA) is 74.5 Å². The maximum Gasteiger partial charge on any atom is 0.269 e. The average molecular weight is 416 g/mol. The lowest BCUT2D eigenvalue weighted by Gasteiger charge is -2.33. The molecule has 1 atom stereocenters. The molecule has 0 unspecified atom stereocenters. The van der Waals surface area contributed by atoms with Gasteiger partial charge >= 0.3 is 0 Å². The summed E-state index contributed by atoms with van der Waals surface area (Å²) in [6.07, 6.45) is 8.76. The highest BCUT2D eigenvalue weighted by Gasteiger charge is 2.26. The molecule has 1 aliphatic carbocycles. The number of piperidine rings is 2. The van der Waals surface area contributed by atoms with Crippen LogP contribution in [-0.2, 0) is 19.4 Å². The molecule has 2 aromatic rings. The number of hydrogen-bond donors (Lipinski definition) is 1. The Morgan fingerprint density at radius 2 is 2.00 bits per heavy atom. The summed E-state index contributed by atoms with van der Waals surface area (Å²) in [7, 11) is 0. The van der Waals surface area contributed by atoms with E-state index in [1.165, 1.54) is 28.4 Å². The van der Waals surface area contributed by atoms with E-state index in [2.05, 4.69) is 14.9 Å². The van der Waals surface area contributed by atoms with Crippen molar-refractivity contribution in [1.29, 1.82) is 0 Å². The summed E-state index contributed by atoms with van der Waals surface area (Å²) < 4.78 is 1.68. The number of aliphatic hydroxyl groups is 1. The smallest absolute Gasteiger partial charge is 0.269 e. The summed E-state index contributed by atoms with van der Waals surface area (Å²) in [5.74, 6) is 0. The van der Waals surface area contributed by atoms with Crippen LogP contribution in [0.5, 0.6) is 0 Å². The first-order chi connectivity index (χ1) is 14.2. The van der Waals surface area contributed by atoms with Gasteiger partial charge in [0.1, 0.15) is 5.01 Å². The van der Waals surface area contributed by atoms with Crippen LogP contribution in [0.2, 0.25) is 0 Å². The van der Waals surface area contributed by atoms with Crippen molar-refractivity contribution in [1.82, 2.24) is 19.7 Å². The fourth-order valence-electron chi connectivity index (χ4n) is 4.86. The molecule has 2 aromatic heterocycles. The van der Waals surface area contributed by atoms with Crippen molar-refractivity contribution >= 4 is 17.0 Å². The Labute approximate surface area is 175 Å². The zero-order chi connectivity index (χ0) is 19.8. The Kier molecular flexibility index (Phi) is 5.41. The van der Waals surface area contributed by atoms with E-state index in [1.807, 2.05) is 17.5 Å². The molecular formula is C21H29N5O2S. The van der Waals surface area contributed by atoms with Crippen LogP contribution in [0.3, 0.4) is 0 Å². The Hall–Kier alpha value is -1.77. The van der Waals surface area contributed by atoms with E-state index in [4.69, 9.17) is 4.98 Å². The van der Waals surface area contributed by atoms with Gasteiger partial charge in [0, 0.05) is 30.6 Å². The second-order valence-corrected chi connectivity index (χ2v) is 9.75. The Morgan fingerprint density at radius 1 is 1.14 bits per heavy atom. The van der Waals surface area contributed by atoms with E-state index in [0.717, 1.165) is 70.5 Å². The molecule has 5 rings (SSSR count). The van der Waals surface area contributed by atoms with Crippen molar-refractivity contribution in [3.05, 3.63) is 38.2 Å². The van der Waals surface area contributed by atoms with Gasteiger partial charge in [-0.3, -0.25) is 9.69 Å². The number of aliphatic hydroxyl groups excluding tert-OH is 1. The van der Waals surface area contributed by atoms with Gasteiger partial charge < -0.3 is 10.0 Å². The number of rotatable bonds is 4. The monoisotopic (exact) mass is 415 g/mol. The minimum absolute atomic E-state index is 0.0197. The average Bonchev–Trinajstić information content (AvgIpc) is 3.30. The summed E-state index contributed by atoms with van der Waals surface area (Å²) >= 11 is 1.87. The number of hydrogen-bond acceptors (Lipinski definition) is 7. The zero-order valence-electron chi connectivity index (χ0n) is 16.8. The molecule has 0 amide bonds. The van der Waals surface area contributed by atoms with Crippen LogP contribution in [0.15, 0.2) is 17.1 Å². The third-order valence-electron chi connectivity index (χ3n) is 6.47. The minimum atomic E-state index is -0.216. The molecule has 0 bridgehead atoms. The van der Waals surface area contributed by atoms with Crippen LogP contribution < -0.4 is 10.5 Å². The highest BCUT2D eigenvalue weighted by atomic mass is 32.1. The molecule has 0 radical (unpaired) electrons. The Balaban J connectivity index is 1.25. The van der Waals surface area contributed by atoms with Gasteiger partial charge in [0.2, 0.25) is 0 Å². The van der Waals surface area contributed by atoms with Crippen LogP contribution in [0.25, 0.3) is 0 Å². The molecule has 3 aliphatic rings. The van der Waals surface area contributed by atoms with Crippen molar-refractivity contribution < 1.29 is 5.11 Å². The molecule has 8 heteroatoms. The lowest BCUT2D eigenvalue weighted by atomic mass is 10.1. The lowest BCUT2D eigenvalue weighted by Crippen LogP contribution is -2.41. The van der Waals surface area contributed by atoms with Gasteiger partial charge in [0.05, 0.1) is 36.3 Å². The summed E-state index contributed by atoms with van der Waals surface area (Å²) in [5.41, 5.74) is 2.18. The van der Waals surface area contributed by atoms with Gasteiger partial charge in [-0.1, -0.05) is 0 Å². The van der Waals surface area contributed by atoms with E-state index in [-0.39, 0.29) is 17.7 Å². The highest BCUT2D eigenvalue weighted by Crippen LogP contribution is 2.29. The molecule has 1 N–H and O–H groups in total. The fourth-order valence-corrected chi connectivity index (χ4v) is 6.06. The van der Waals surface area contributed by atoms with Gasteiger partial charge in [-0.15, -0.1) is 11.3 Å². The fraction of sp³-hybridized carbons (Fsp3) is 0.667. The summed E-state index contributed by atoms with van der Waals surface area (Å²) in [6.45, 7) is 4.36. The second kappa shape index (κ2) is 8.16. The molecule has 0 spiro atoms. The van der Waals surface area contributed by atoms with E-state index in [0.29, 0.717) is 0 Å². The molecule has 2 fully saturated rings. The van der Waals surface area contributed by atoms with Gasteiger partial charge in [0.15, 0.2) is 0 Å². The SMILES string of the molecule is O=c1cc(N2CCC(O)CC2)cnn1[C@@H]1CCCN(Cc2nc3c(s2)CCC3)C1. The summed E-state index contributed by atoms with van der Waals surface area (Å²) in [6, 6.07) is 1.84. The first kappa shape index (κ1) is 19.2. The van der Waals surface area contributed by atoms with Crippen molar-refractivity contribution in [3.8, 4) is 0 Å². The number of likely N-dealkylation sites (tertiary alicyclic amines) is 1. The normalized spacial score (nSPS) is 23.5. The van der Waals surface area contributed by atoms with Gasteiger partial charge in [-0.2, -0.15) is 5.10 Å². The van der Waals surface area contributed by atoms with E-state index < -0.39 is 0 Å². The van der Waals surface area contributed by atoms with Crippen LogP contribution in [0.4, 0.5) is 5.69 Å². The quantitative estimate of drug-likeness (QED) is 0.823. The number of anilines is 1. The molecule has 7 nitrogen and oxygen atoms in total. The third kappa shape index (κ3) is 4.11. The predicted octanol–water partition coefficient (Wildman–Crippen LogP) is 1.99. The summed E-state index contributed by atoms with van der Waals surface area (Å²) in [4.78, 5) is 23.7. The van der Waals surface area contributed by atoms with Gasteiger partial charge in [0.25, 0.3) is 5.56 Å². The van der Waals surface area contributed by atoms with E-state index >= 15 is 0 Å². The minimum Gasteiger partial charge on any atom is -0.393 e. The van der Waals surface area contributed by atoms with Gasteiger partial charge in [-0.25, -0.2) is 9.67 Å². The van der Waals surface area contributed by atoms with Crippen LogP contribution >= 0.6 is 11.3 Å². The number of aryl methyl sites for hydroxylation is 2. The third-order valence-corrected chi connectivity index (χ3v) is 7.61. The second-order valence-electron chi connectivity index (χ2n) is 8.58. The predicted molar refractivity (Wildman–Crippen MR) is 114 cm³/mol. The number of aromatic nitrogens is 3. The van der Waals surface area contributed by atoms with Crippen molar-refractivity contribution in [2.45, 2.75) is 63.6 Å². The van der Waals surface area contributed by atoms with Crippen LogP contribution in [0.1, 0.15) is 53.7 Å². The van der Waals surface area contributed by atoms with Crippen molar-refractivity contribution in [2.24, 2.45) is 0 Å². The largest absolute Gasteiger partial charge is 0.393 e. The van der Waals surface area contributed by atoms with Gasteiger partial charge in [-0.05, 0) is 51.5 Å². The molecule has 0 saturated carbocycles. The standard InChI is InChI=1S/C21H29N5O2S/c27-17-6-9-25(10-7-17)16-11-21(28)26(22-12-16)15-3-2-8-24(13-15)14-20-23-18-4-1-5-19(18)29-20/h11-12,15,17,27H,1-10,13-14H2/t15-/m1/s1. The first-order valence-corrected chi connectivity index (χ1v) is 11.7. The maximum atomic E-state index is 12.8. The van der Waals surface area contributed by atoms with E-state index in [1.54, 1.807) is 10.7 Å². The van der Waals surface area contributed by atoms with Crippen LogP contribution in [-0.4, -0.2) is 57.1 Å². The summed E-state index contributed by atoms with van der Waals surface area (Å²) in [5, 5.41) is 15.4. The number of nitrogens with zero attached hydrogens (tertiary/aromatic N) is 5. The number of fused-ring (bicyclic) bond motifs is 1. The Morgan fingerprint density at radius 3 is 2.79 bits per heavy atom. The molecule has 29 heavy (non-hydrogen) atoms. The molecular weight excluding hydrogens is 386 g/mol. The van der Waals surface area contributed by atoms with Crippen molar-refractivity contribution in [2.75, 3.05) is 31.1 Å². The van der Waals surface area contributed by atoms with Crippen molar-refractivity contribution in [3.63, 3.8) is 0 Å². The zero-order valence-corrected chi connectivity index (χ0v) is 17.6. The molecule has 2 saturated heterocycles. The molecule has 0 aromatic carbocycles. The molecule has 2 aliphatic heterocycles. The lowest BCUT2D eigenvalue weighted by molar-refractivity contribution is 0.145. The number of thiazole rings is 1. The first-order valence-electron chi connectivity index (χ1n) is 10.9. The highest BCUT2D eigenvalue weighted by molar-refractivity contribution is 7.11. The Bertz CT molecular complexity index is 897. The van der Waals surface area contributed by atoms with E-state index in [9.17, 15) is 9.90 Å². The molecule has 156 valence electrons. The van der Waals surface area contributed by atoms with Crippen LogP contribution in [0, 0.1) is 0 Å². The molecule has 4 heterocycles. The maximum absolute atomic E-state index is 12.8.